The quantitative estimate of drug-likeness (QED) is 0.819. The van der Waals surface area contributed by atoms with Gasteiger partial charge >= 0.3 is 0 Å². The molecule has 17 heavy (non-hydrogen) atoms. The molecule has 2 aromatic heterocycles. The Morgan fingerprint density at radius 3 is 2.59 bits per heavy atom. The summed E-state index contributed by atoms with van der Waals surface area (Å²) in [5.41, 5.74) is 0. The Morgan fingerprint density at radius 1 is 1.18 bits per heavy atom. The molecule has 0 unspecified atom stereocenters. The van der Waals surface area contributed by atoms with E-state index in [1.807, 2.05) is 20.0 Å². The van der Waals surface area contributed by atoms with E-state index >= 15 is 0 Å². The minimum Gasteiger partial charge on any atom is -0.373 e. The highest BCUT2D eigenvalue weighted by atomic mass is 16.5. The molecule has 0 aliphatic carbocycles. The first-order chi connectivity index (χ1) is 8.17. The zero-order valence-corrected chi connectivity index (χ0v) is 9.98. The van der Waals surface area contributed by atoms with Gasteiger partial charge in [-0.1, -0.05) is 5.16 Å². The van der Waals surface area contributed by atoms with Gasteiger partial charge < -0.3 is 15.2 Å². The van der Waals surface area contributed by atoms with Crippen LogP contribution in [-0.4, -0.2) is 27.2 Å². The monoisotopic (exact) mass is 234 g/mol. The van der Waals surface area contributed by atoms with E-state index in [4.69, 9.17) is 4.52 Å². The van der Waals surface area contributed by atoms with Gasteiger partial charge in [0.15, 0.2) is 5.82 Å². The summed E-state index contributed by atoms with van der Waals surface area (Å²) in [6.07, 6.45) is 0. The Bertz CT molecular complexity index is 509. The van der Waals surface area contributed by atoms with Crippen molar-refractivity contribution in [1.82, 2.24) is 20.1 Å². The third-order valence-corrected chi connectivity index (χ3v) is 2.09. The molecule has 90 valence electrons. The highest BCUT2D eigenvalue weighted by molar-refractivity contribution is 5.47. The van der Waals surface area contributed by atoms with Crippen molar-refractivity contribution in [3.63, 3.8) is 0 Å². The number of hydrogen-bond donors (Lipinski definition) is 2. The molecule has 2 rings (SSSR count). The second kappa shape index (κ2) is 4.77. The predicted octanol–water partition coefficient (Wildman–Crippen LogP) is 1.13. The van der Waals surface area contributed by atoms with Crippen molar-refractivity contribution in [2.45, 2.75) is 20.4 Å². The second-order valence-electron chi connectivity index (χ2n) is 3.52. The molecule has 0 radical (unpaired) electrons. The summed E-state index contributed by atoms with van der Waals surface area (Å²) in [4.78, 5) is 12.5. The molecule has 2 aromatic rings. The Hall–Kier alpha value is -2.18. The number of nitrogens with zero attached hydrogens (tertiary/aromatic N) is 4. The van der Waals surface area contributed by atoms with Crippen LogP contribution in [0.25, 0.3) is 0 Å². The molecule has 0 spiro atoms. The summed E-state index contributed by atoms with van der Waals surface area (Å²) >= 11 is 0. The normalized spacial score (nSPS) is 10.3. The van der Waals surface area contributed by atoms with Crippen LogP contribution in [0.3, 0.4) is 0 Å². The second-order valence-corrected chi connectivity index (χ2v) is 3.52. The lowest BCUT2D eigenvalue weighted by Crippen LogP contribution is -2.06. The number of aryl methyl sites for hydroxylation is 2. The lowest BCUT2D eigenvalue weighted by Gasteiger charge is -2.06. The Balaban J connectivity index is 2.05. The average Bonchev–Trinajstić information content (AvgIpc) is 2.72. The standard InChI is InChI=1S/C10H14N6O/c1-6-13-8(11-3)4-9(14-6)12-5-10-15-7(2)17-16-10/h4H,5H2,1-3H3,(H2,11,12,13,14). The van der Waals surface area contributed by atoms with E-state index in [-0.39, 0.29) is 0 Å². The van der Waals surface area contributed by atoms with Crippen LogP contribution in [0.2, 0.25) is 0 Å². The van der Waals surface area contributed by atoms with E-state index in [1.54, 1.807) is 6.92 Å². The molecule has 7 nitrogen and oxygen atoms in total. The van der Waals surface area contributed by atoms with E-state index in [2.05, 4.69) is 30.7 Å². The van der Waals surface area contributed by atoms with Crippen LogP contribution in [-0.2, 0) is 6.54 Å². The molecule has 2 N–H and O–H groups in total. The maximum absolute atomic E-state index is 4.88. The first-order valence-corrected chi connectivity index (χ1v) is 5.24. The number of aromatic nitrogens is 4. The molecule has 0 fully saturated rings. The van der Waals surface area contributed by atoms with Gasteiger partial charge in [0.25, 0.3) is 0 Å². The fourth-order valence-corrected chi connectivity index (χ4v) is 1.37. The van der Waals surface area contributed by atoms with Crippen LogP contribution in [0.4, 0.5) is 11.6 Å². The van der Waals surface area contributed by atoms with E-state index in [0.29, 0.717) is 24.1 Å². The van der Waals surface area contributed by atoms with Crippen molar-refractivity contribution >= 4 is 11.6 Å². The van der Waals surface area contributed by atoms with Crippen molar-refractivity contribution in [2.75, 3.05) is 17.7 Å². The highest BCUT2D eigenvalue weighted by Gasteiger charge is 2.04. The van der Waals surface area contributed by atoms with Crippen molar-refractivity contribution in [1.29, 1.82) is 0 Å². The highest BCUT2D eigenvalue weighted by Crippen LogP contribution is 2.11. The van der Waals surface area contributed by atoms with Crippen LogP contribution < -0.4 is 10.6 Å². The third-order valence-electron chi connectivity index (χ3n) is 2.09. The van der Waals surface area contributed by atoms with Crippen molar-refractivity contribution < 1.29 is 4.52 Å². The zero-order chi connectivity index (χ0) is 12.3. The molecule has 2 heterocycles. The number of anilines is 2. The van der Waals surface area contributed by atoms with Gasteiger partial charge in [-0.15, -0.1) is 0 Å². The van der Waals surface area contributed by atoms with Gasteiger partial charge in [-0.05, 0) is 6.92 Å². The van der Waals surface area contributed by atoms with Gasteiger partial charge in [-0.25, -0.2) is 9.97 Å². The van der Waals surface area contributed by atoms with Crippen LogP contribution in [0.15, 0.2) is 10.6 Å². The molecule has 0 aromatic carbocycles. The van der Waals surface area contributed by atoms with E-state index in [1.165, 1.54) is 0 Å². The van der Waals surface area contributed by atoms with Crippen molar-refractivity contribution in [2.24, 2.45) is 0 Å². The van der Waals surface area contributed by atoms with Crippen LogP contribution in [0.5, 0.6) is 0 Å². The lowest BCUT2D eigenvalue weighted by molar-refractivity contribution is 0.388. The molecular formula is C10H14N6O. The van der Waals surface area contributed by atoms with Crippen molar-refractivity contribution in [3.8, 4) is 0 Å². The molecule has 0 saturated heterocycles. The SMILES string of the molecule is CNc1cc(NCc2noc(C)n2)nc(C)n1. The lowest BCUT2D eigenvalue weighted by atomic mass is 10.4. The van der Waals surface area contributed by atoms with E-state index in [0.717, 1.165) is 11.6 Å². The Kier molecular flexibility index (Phi) is 3.17. The summed E-state index contributed by atoms with van der Waals surface area (Å²) in [5.74, 6) is 3.35. The number of rotatable bonds is 4. The average molecular weight is 234 g/mol. The largest absolute Gasteiger partial charge is 0.373 e. The number of nitrogens with one attached hydrogen (secondary N) is 2. The Labute approximate surface area is 98.7 Å². The number of hydrogen-bond acceptors (Lipinski definition) is 7. The molecule has 0 aliphatic heterocycles. The summed E-state index contributed by atoms with van der Waals surface area (Å²) in [5, 5.41) is 9.87. The molecular weight excluding hydrogens is 220 g/mol. The summed E-state index contributed by atoms with van der Waals surface area (Å²) in [7, 11) is 1.81. The minimum atomic E-state index is 0.469. The summed E-state index contributed by atoms with van der Waals surface area (Å²) in [6.45, 7) is 4.06. The van der Waals surface area contributed by atoms with E-state index < -0.39 is 0 Å². The summed E-state index contributed by atoms with van der Waals surface area (Å²) < 4.78 is 4.88. The van der Waals surface area contributed by atoms with E-state index in [9.17, 15) is 0 Å². The van der Waals surface area contributed by atoms with Gasteiger partial charge in [-0.2, -0.15) is 4.98 Å². The smallest absolute Gasteiger partial charge is 0.223 e. The molecule has 0 amide bonds. The maximum Gasteiger partial charge on any atom is 0.223 e. The molecule has 0 bridgehead atoms. The van der Waals surface area contributed by atoms with Gasteiger partial charge in [-0.3, -0.25) is 0 Å². The minimum absolute atomic E-state index is 0.469. The third kappa shape index (κ3) is 2.90. The van der Waals surface area contributed by atoms with Gasteiger partial charge in [0.1, 0.15) is 17.5 Å². The fourth-order valence-electron chi connectivity index (χ4n) is 1.37. The molecule has 0 aliphatic rings. The van der Waals surface area contributed by atoms with Gasteiger partial charge in [0, 0.05) is 20.0 Å². The predicted molar refractivity (Wildman–Crippen MR) is 62.7 cm³/mol. The fraction of sp³-hybridized carbons (Fsp3) is 0.400. The molecule has 0 saturated carbocycles. The van der Waals surface area contributed by atoms with Crippen molar-refractivity contribution in [3.05, 3.63) is 23.6 Å². The molecule has 7 heteroatoms. The van der Waals surface area contributed by atoms with Gasteiger partial charge in [0.05, 0.1) is 6.54 Å². The first-order valence-electron chi connectivity index (χ1n) is 5.24. The Morgan fingerprint density at radius 2 is 1.94 bits per heavy atom. The van der Waals surface area contributed by atoms with Crippen LogP contribution in [0, 0.1) is 13.8 Å². The zero-order valence-electron chi connectivity index (χ0n) is 9.98. The van der Waals surface area contributed by atoms with Gasteiger partial charge in [0.2, 0.25) is 5.89 Å². The van der Waals surface area contributed by atoms with Crippen LogP contribution in [0.1, 0.15) is 17.5 Å². The maximum atomic E-state index is 4.88. The first kappa shape index (κ1) is 11.3. The summed E-state index contributed by atoms with van der Waals surface area (Å²) in [6, 6.07) is 1.82. The molecule has 0 atom stereocenters. The van der Waals surface area contributed by atoms with Crippen LogP contribution >= 0.6 is 0 Å². The topological polar surface area (TPSA) is 88.8 Å².